The summed E-state index contributed by atoms with van der Waals surface area (Å²) < 4.78 is 5.80. The van der Waals surface area contributed by atoms with Gasteiger partial charge in [0.25, 0.3) is 5.91 Å². The maximum absolute atomic E-state index is 13.3. The molecule has 0 saturated carbocycles. The molecule has 0 unspecified atom stereocenters. The summed E-state index contributed by atoms with van der Waals surface area (Å²) in [7, 11) is 2.05. The molecule has 5 nitrogen and oxygen atoms in total. The molecule has 2 aromatic carbocycles. The van der Waals surface area contributed by atoms with E-state index < -0.39 is 0 Å². The maximum Gasteiger partial charge on any atom is 0.290 e. The smallest absolute Gasteiger partial charge is 0.290 e. The predicted octanol–water partition coefficient (Wildman–Crippen LogP) is 3.66. The molecule has 1 aromatic heterocycles. The van der Waals surface area contributed by atoms with Crippen molar-refractivity contribution < 1.29 is 9.21 Å². The van der Waals surface area contributed by atoms with E-state index in [9.17, 15) is 9.59 Å². The van der Waals surface area contributed by atoms with Crippen LogP contribution in [0, 0.1) is 0 Å². The van der Waals surface area contributed by atoms with Gasteiger partial charge in [0.15, 0.2) is 11.2 Å². The minimum absolute atomic E-state index is 0.0340. The third kappa shape index (κ3) is 3.10. The average Bonchev–Trinajstić information content (AvgIpc) is 2.84. The fraction of sp³-hybridized carbons (Fsp3) is 0.273. The van der Waals surface area contributed by atoms with E-state index in [-0.39, 0.29) is 23.1 Å². The van der Waals surface area contributed by atoms with Crippen molar-refractivity contribution in [2.45, 2.75) is 25.9 Å². The van der Waals surface area contributed by atoms with E-state index in [1.165, 1.54) is 6.07 Å². The van der Waals surface area contributed by atoms with E-state index in [1.807, 2.05) is 30.1 Å². The van der Waals surface area contributed by atoms with Gasteiger partial charge in [-0.3, -0.25) is 9.59 Å². The van der Waals surface area contributed by atoms with Crippen LogP contribution in [-0.4, -0.2) is 30.4 Å². The Balaban J connectivity index is 1.77. The number of hydrogen-bond donors (Lipinski definition) is 0. The lowest BCUT2D eigenvalue weighted by Gasteiger charge is -2.30. The third-order valence-corrected chi connectivity index (χ3v) is 5.25. The molecular weight excluding hydrogens is 340 g/mol. The van der Waals surface area contributed by atoms with Crippen molar-refractivity contribution in [3.05, 3.63) is 76.1 Å². The van der Waals surface area contributed by atoms with Crippen LogP contribution < -0.4 is 10.3 Å². The molecule has 3 aromatic rings. The Hall–Kier alpha value is -3.08. The van der Waals surface area contributed by atoms with Gasteiger partial charge < -0.3 is 14.2 Å². The second kappa shape index (κ2) is 6.91. The number of anilines is 1. The summed E-state index contributed by atoms with van der Waals surface area (Å²) in [6.07, 6.45) is 0.821. The molecule has 1 aliphatic heterocycles. The lowest BCUT2D eigenvalue weighted by molar-refractivity contribution is 0.0635. The lowest BCUT2D eigenvalue weighted by Crippen LogP contribution is -2.43. The van der Waals surface area contributed by atoms with Crippen molar-refractivity contribution in [1.82, 2.24) is 4.90 Å². The molecule has 0 aliphatic carbocycles. The Labute approximate surface area is 157 Å². The number of amides is 1. The number of benzene rings is 2. The van der Waals surface area contributed by atoms with Crippen LogP contribution in [0.5, 0.6) is 0 Å². The molecule has 138 valence electrons. The minimum Gasteiger partial charge on any atom is -0.451 e. The van der Waals surface area contributed by atoms with Crippen molar-refractivity contribution in [3.63, 3.8) is 0 Å². The fourth-order valence-electron chi connectivity index (χ4n) is 3.78. The number of fused-ring (bicyclic) bond motifs is 2. The molecule has 1 amide bonds. The Morgan fingerprint density at radius 1 is 1.15 bits per heavy atom. The van der Waals surface area contributed by atoms with E-state index >= 15 is 0 Å². The molecule has 1 atom stereocenters. The number of carbonyl (C=O) groups is 1. The highest BCUT2D eigenvalue weighted by Gasteiger charge is 2.30. The molecule has 1 aliphatic rings. The van der Waals surface area contributed by atoms with E-state index in [4.69, 9.17) is 4.42 Å². The van der Waals surface area contributed by atoms with Gasteiger partial charge in [-0.25, -0.2) is 0 Å². The van der Waals surface area contributed by atoms with Crippen molar-refractivity contribution in [1.29, 1.82) is 0 Å². The number of para-hydroxylation sites is 2. The predicted molar refractivity (Wildman–Crippen MR) is 106 cm³/mol. The van der Waals surface area contributed by atoms with Gasteiger partial charge in [0.1, 0.15) is 5.58 Å². The number of hydrogen-bond acceptors (Lipinski definition) is 4. The summed E-state index contributed by atoms with van der Waals surface area (Å²) >= 11 is 0. The van der Waals surface area contributed by atoms with Gasteiger partial charge in [-0.2, -0.15) is 0 Å². The molecule has 0 N–H and O–H groups in total. The van der Waals surface area contributed by atoms with Crippen LogP contribution in [0.1, 0.15) is 29.5 Å². The van der Waals surface area contributed by atoms with Gasteiger partial charge in [-0.15, -0.1) is 0 Å². The van der Waals surface area contributed by atoms with Crippen molar-refractivity contribution >= 4 is 22.6 Å². The van der Waals surface area contributed by atoms with Crippen LogP contribution in [-0.2, 0) is 6.54 Å². The van der Waals surface area contributed by atoms with Gasteiger partial charge in [0, 0.05) is 37.9 Å². The molecule has 5 heteroatoms. The highest BCUT2D eigenvalue weighted by molar-refractivity contribution is 5.93. The third-order valence-electron chi connectivity index (χ3n) is 5.25. The SMILES string of the molecule is CC[C@H]1CN(C)c2ccccc2CN1C(=O)c1cc(=O)c2ccccc2o1. The molecule has 0 radical (unpaired) electrons. The van der Waals surface area contributed by atoms with Crippen molar-refractivity contribution in [2.75, 3.05) is 18.5 Å². The Bertz CT molecular complexity index is 1060. The molecule has 0 saturated heterocycles. The van der Waals surface area contributed by atoms with Crippen molar-refractivity contribution in [2.24, 2.45) is 0 Å². The zero-order valence-corrected chi connectivity index (χ0v) is 15.5. The zero-order chi connectivity index (χ0) is 19.0. The Morgan fingerprint density at radius 2 is 1.89 bits per heavy atom. The Kier molecular flexibility index (Phi) is 4.44. The first-order valence-corrected chi connectivity index (χ1v) is 9.21. The fourth-order valence-corrected chi connectivity index (χ4v) is 3.78. The van der Waals surface area contributed by atoms with E-state index in [0.717, 1.165) is 24.2 Å². The van der Waals surface area contributed by atoms with Gasteiger partial charge in [0.2, 0.25) is 0 Å². The summed E-state index contributed by atoms with van der Waals surface area (Å²) in [5.74, 6) is -0.144. The van der Waals surface area contributed by atoms with E-state index in [1.54, 1.807) is 24.3 Å². The summed E-state index contributed by atoms with van der Waals surface area (Å²) in [4.78, 5) is 29.7. The minimum atomic E-state index is -0.241. The molecule has 2 heterocycles. The summed E-state index contributed by atoms with van der Waals surface area (Å²) in [6, 6.07) is 16.5. The van der Waals surface area contributed by atoms with Crippen molar-refractivity contribution in [3.8, 4) is 0 Å². The van der Waals surface area contributed by atoms with Crippen LogP contribution in [0.25, 0.3) is 11.0 Å². The second-order valence-corrected chi connectivity index (χ2v) is 6.98. The first-order valence-electron chi connectivity index (χ1n) is 9.21. The number of rotatable bonds is 2. The van der Waals surface area contributed by atoms with Crippen LogP contribution in [0.15, 0.2) is 63.8 Å². The highest BCUT2D eigenvalue weighted by Crippen LogP contribution is 2.28. The van der Waals surface area contributed by atoms with E-state index in [2.05, 4.69) is 17.9 Å². The van der Waals surface area contributed by atoms with Crippen LogP contribution in [0.4, 0.5) is 5.69 Å². The summed E-state index contributed by atoms with van der Waals surface area (Å²) in [5, 5.41) is 0.488. The summed E-state index contributed by atoms with van der Waals surface area (Å²) in [5.41, 5.74) is 2.47. The standard InChI is InChI=1S/C22H22N2O3/c1-3-16-14-23(2)18-10-6-4-8-15(18)13-24(16)22(26)21-12-19(25)17-9-5-7-11-20(17)27-21/h4-12,16H,3,13-14H2,1-2H3/t16-/m0/s1. The normalized spacial score (nSPS) is 16.9. The molecule has 0 spiro atoms. The molecule has 27 heavy (non-hydrogen) atoms. The molecule has 4 rings (SSSR count). The quantitative estimate of drug-likeness (QED) is 0.698. The Morgan fingerprint density at radius 3 is 2.70 bits per heavy atom. The van der Waals surface area contributed by atoms with Gasteiger partial charge in [0.05, 0.1) is 5.39 Å². The van der Waals surface area contributed by atoms with Gasteiger partial charge in [-0.05, 0) is 30.2 Å². The number of likely N-dealkylation sites (N-methyl/N-ethyl adjacent to an activating group) is 1. The van der Waals surface area contributed by atoms with Crippen LogP contribution in [0.3, 0.4) is 0 Å². The van der Waals surface area contributed by atoms with E-state index in [0.29, 0.717) is 17.5 Å². The van der Waals surface area contributed by atoms with Gasteiger partial charge >= 0.3 is 0 Å². The highest BCUT2D eigenvalue weighted by atomic mass is 16.3. The lowest BCUT2D eigenvalue weighted by atomic mass is 10.1. The maximum atomic E-state index is 13.3. The first kappa shape index (κ1) is 17.3. The molecule has 0 bridgehead atoms. The van der Waals surface area contributed by atoms with Crippen LogP contribution >= 0.6 is 0 Å². The number of carbonyl (C=O) groups excluding carboxylic acids is 1. The zero-order valence-electron chi connectivity index (χ0n) is 15.5. The second-order valence-electron chi connectivity index (χ2n) is 6.98. The molecule has 0 fully saturated rings. The van der Waals surface area contributed by atoms with Gasteiger partial charge in [-0.1, -0.05) is 37.3 Å². The van der Waals surface area contributed by atoms with Crippen LogP contribution in [0.2, 0.25) is 0 Å². The average molecular weight is 362 g/mol. The summed E-state index contributed by atoms with van der Waals surface area (Å²) in [6.45, 7) is 3.30. The number of nitrogens with zero attached hydrogens (tertiary/aromatic N) is 2. The molecular formula is C22H22N2O3. The monoisotopic (exact) mass is 362 g/mol. The topological polar surface area (TPSA) is 53.8 Å². The first-order chi connectivity index (χ1) is 13.1. The largest absolute Gasteiger partial charge is 0.451 e.